The van der Waals surface area contributed by atoms with Crippen molar-refractivity contribution in [2.75, 3.05) is 35.8 Å². The van der Waals surface area contributed by atoms with Gasteiger partial charge in [-0.15, -0.1) is 0 Å². The van der Waals surface area contributed by atoms with Crippen LogP contribution >= 0.6 is 95.6 Å². The molecule has 0 saturated heterocycles. The van der Waals surface area contributed by atoms with Crippen LogP contribution in [-0.4, -0.2) is 68.2 Å². The minimum absolute atomic E-state index is 0.0332. The first-order valence-corrected chi connectivity index (χ1v) is 16.1. The van der Waals surface area contributed by atoms with Crippen LogP contribution in [0.5, 0.6) is 0 Å². The van der Waals surface area contributed by atoms with Crippen LogP contribution in [0.2, 0.25) is 0 Å². The summed E-state index contributed by atoms with van der Waals surface area (Å²) < 4.78 is 16.0. The summed E-state index contributed by atoms with van der Waals surface area (Å²) >= 11 is 20.4. The Morgan fingerprint density at radius 1 is 0.636 bits per heavy atom. The first kappa shape index (κ1) is 31.5. The van der Waals surface area contributed by atoms with E-state index in [-0.39, 0.29) is 51.0 Å². The molecule has 0 aliphatic heterocycles. The van der Waals surface area contributed by atoms with E-state index >= 15 is 0 Å². The average Bonchev–Trinajstić information content (AvgIpc) is 2.82. The highest BCUT2D eigenvalue weighted by Crippen LogP contribution is 2.21. The first-order valence-electron chi connectivity index (χ1n) is 9.99. The Bertz CT molecular complexity index is 731. The van der Waals surface area contributed by atoms with E-state index in [1.165, 1.54) is 18.2 Å². The van der Waals surface area contributed by atoms with Gasteiger partial charge in [0, 0.05) is 30.5 Å². The number of benzene rings is 1. The number of rotatable bonds is 15. The fourth-order valence-electron chi connectivity index (χ4n) is 2.41. The summed E-state index contributed by atoms with van der Waals surface area (Å²) in [6.07, 6.45) is 1.72. The van der Waals surface area contributed by atoms with Gasteiger partial charge in [0.05, 0.1) is 36.5 Å². The van der Waals surface area contributed by atoms with E-state index in [4.69, 9.17) is 14.2 Å². The highest BCUT2D eigenvalue weighted by atomic mass is 79.9. The fourth-order valence-corrected chi connectivity index (χ4v) is 3.94. The number of carbonyl (C=O) groups is 3. The molecule has 0 aromatic heterocycles. The second-order valence-corrected chi connectivity index (χ2v) is 12.6. The molecule has 0 aliphatic rings. The normalized spacial score (nSPS) is 13.6. The lowest BCUT2D eigenvalue weighted by Crippen LogP contribution is -2.21. The van der Waals surface area contributed by atoms with E-state index in [0.717, 1.165) is 0 Å². The summed E-state index contributed by atoms with van der Waals surface area (Å²) in [7, 11) is 0. The van der Waals surface area contributed by atoms with Gasteiger partial charge in [-0.3, -0.25) is 0 Å². The van der Waals surface area contributed by atoms with Crippen LogP contribution in [0, 0.1) is 0 Å². The molecular formula is C21H24Br6O6. The third kappa shape index (κ3) is 11.9. The smallest absolute Gasteiger partial charge is 0.339 e. The zero-order valence-electron chi connectivity index (χ0n) is 17.5. The summed E-state index contributed by atoms with van der Waals surface area (Å²) in [5.41, 5.74) is -0.215. The highest BCUT2D eigenvalue weighted by Gasteiger charge is 2.27. The van der Waals surface area contributed by atoms with Gasteiger partial charge in [0.15, 0.2) is 0 Å². The van der Waals surface area contributed by atoms with Crippen molar-refractivity contribution in [2.24, 2.45) is 0 Å². The predicted molar refractivity (Wildman–Crippen MR) is 151 cm³/mol. The lowest BCUT2D eigenvalue weighted by molar-refractivity contribution is 0.0434. The molecule has 1 rings (SSSR count). The van der Waals surface area contributed by atoms with E-state index in [2.05, 4.69) is 95.6 Å². The number of hydrogen-bond acceptors (Lipinski definition) is 6. The second kappa shape index (κ2) is 17.9. The van der Waals surface area contributed by atoms with Crippen LogP contribution in [-0.2, 0) is 14.2 Å². The summed E-state index contributed by atoms with van der Waals surface area (Å²) in [6.45, 7) is 0.420. The molecule has 1 aromatic carbocycles. The SMILES string of the molecule is O=C(OCCC(Br)CBr)c1cccc(C(=O)OCCC(Br)CBr)c1C(=O)OCCC(Br)CBr. The maximum absolute atomic E-state index is 12.9. The molecule has 186 valence electrons. The number of carbonyl (C=O) groups excluding carboxylic acids is 3. The molecule has 0 fully saturated rings. The van der Waals surface area contributed by atoms with Crippen LogP contribution in [0.3, 0.4) is 0 Å². The third-order valence-corrected chi connectivity index (χ3v) is 11.5. The lowest BCUT2D eigenvalue weighted by atomic mass is 10.0. The minimum atomic E-state index is -0.776. The van der Waals surface area contributed by atoms with Gasteiger partial charge < -0.3 is 14.2 Å². The van der Waals surface area contributed by atoms with Crippen molar-refractivity contribution >= 4 is 113 Å². The van der Waals surface area contributed by atoms with Gasteiger partial charge in [0.2, 0.25) is 0 Å². The molecule has 12 heteroatoms. The molecule has 0 N–H and O–H groups in total. The lowest BCUT2D eigenvalue weighted by Gasteiger charge is -2.15. The molecule has 0 spiro atoms. The van der Waals surface area contributed by atoms with Crippen molar-refractivity contribution in [3.63, 3.8) is 0 Å². The van der Waals surface area contributed by atoms with Crippen molar-refractivity contribution in [3.8, 4) is 0 Å². The van der Waals surface area contributed by atoms with Crippen molar-refractivity contribution in [1.29, 1.82) is 0 Å². The van der Waals surface area contributed by atoms with E-state index < -0.39 is 17.9 Å². The topological polar surface area (TPSA) is 78.9 Å². The Balaban J connectivity index is 3.08. The fraction of sp³-hybridized carbons (Fsp3) is 0.571. The Hall–Kier alpha value is 0.510. The maximum Gasteiger partial charge on any atom is 0.339 e. The minimum Gasteiger partial charge on any atom is -0.462 e. The Labute approximate surface area is 244 Å². The monoisotopic (exact) mass is 846 g/mol. The van der Waals surface area contributed by atoms with E-state index in [1.807, 2.05) is 0 Å². The molecule has 0 radical (unpaired) electrons. The van der Waals surface area contributed by atoms with Crippen molar-refractivity contribution in [1.82, 2.24) is 0 Å². The van der Waals surface area contributed by atoms with Gasteiger partial charge in [0.25, 0.3) is 0 Å². The standard InChI is InChI=1S/C21H24Br6O6/c22-10-13(25)4-7-31-19(28)16-2-1-3-17(20(29)32-8-5-14(26)11-23)18(16)21(30)33-9-6-15(27)12-24/h1-3,13-15H,4-12H2. The van der Waals surface area contributed by atoms with Crippen LogP contribution < -0.4 is 0 Å². The van der Waals surface area contributed by atoms with Gasteiger partial charge in [-0.2, -0.15) is 0 Å². The zero-order chi connectivity index (χ0) is 24.8. The largest absolute Gasteiger partial charge is 0.462 e. The molecule has 3 unspecified atom stereocenters. The molecular weight excluding hydrogens is 828 g/mol. The molecule has 6 nitrogen and oxygen atoms in total. The van der Waals surface area contributed by atoms with Crippen LogP contribution in [0.1, 0.15) is 50.3 Å². The Kier molecular flexibility index (Phi) is 17.1. The van der Waals surface area contributed by atoms with Crippen LogP contribution in [0.4, 0.5) is 0 Å². The Morgan fingerprint density at radius 2 is 0.970 bits per heavy atom. The molecule has 0 saturated carbocycles. The van der Waals surface area contributed by atoms with E-state index in [9.17, 15) is 14.4 Å². The van der Waals surface area contributed by atoms with E-state index in [0.29, 0.717) is 35.3 Å². The summed E-state index contributed by atoms with van der Waals surface area (Å²) in [5.74, 6) is -2.18. The number of hydrogen-bond donors (Lipinski definition) is 0. The van der Waals surface area contributed by atoms with Crippen molar-refractivity contribution in [3.05, 3.63) is 34.9 Å². The zero-order valence-corrected chi connectivity index (χ0v) is 27.1. The van der Waals surface area contributed by atoms with Gasteiger partial charge in [-0.1, -0.05) is 102 Å². The summed E-state index contributed by atoms with van der Waals surface area (Å²) in [6, 6.07) is 4.40. The molecule has 0 aliphatic carbocycles. The van der Waals surface area contributed by atoms with Gasteiger partial charge in [-0.05, 0) is 31.4 Å². The molecule has 1 aromatic rings. The van der Waals surface area contributed by atoms with Gasteiger partial charge >= 0.3 is 17.9 Å². The number of halogens is 6. The Morgan fingerprint density at radius 3 is 1.30 bits per heavy atom. The van der Waals surface area contributed by atoms with Crippen molar-refractivity contribution < 1.29 is 28.6 Å². The molecule has 0 bridgehead atoms. The van der Waals surface area contributed by atoms with Crippen LogP contribution in [0.15, 0.2) is 18.2 Å². The number of esters is 3. The third-order valence-electron chi connectivity index (χ3n) is 4.20. The molecule has 3 atom stereocenters. The average molecular weight is 852 g/mol. The second-order valence-electron chi connectivity index (χ2n) is 6.76. The summed E-state index contributed by atoms with van der Waals surface area (Å²) in [4.78, 5) is 38.8. The van der Waals surface area contributed by atoms with E-state index in [1.54, 1.807) is 0 Å². The quantitative estimate of drug-likeness (QED) is 0.110. The molecule has 0 amide bonds. The summed E-state index contributed by atoms with van der Waals surface area (Å²) in [5, 5.41) is 2.10. The maximum atomic E-state index is 12.9. The van der Waals surface area contributed by atoms with Crippen LogP contribution in [0.25, 0.3) is 0 Å². The molecule has 33 heavy (non-hydrogen) atoms. The molecule has 0 heterocycles. The number of ether oxygens (including phenoxy) is 3. The number of alkyl halides is 6. The van der Waals surface area contributed by atoms with Crippen molar-refractivity contribution in [2.45, 2.75) is 33.7 Å². The van der Waals surface area contributed by atoms with Gasteiger partial charge in [0.1, 0.15) is 0 Å². The predicted octanol–water partition coefficient (Wildman–Crippen LogP) is 6.80. The first-order chi connectivity index (χ1) is 15.7. The van der Waals surface area contributed by atoms with Gasteiger partial charge in [-0.25, -0.2) is 14.4 Å². The highest BCUT2D eigenvalue weighted by molar-refractivity contribution is 9.12.